The van der Waals surface area contributed by atoms with E-state index >= 15 is 0 Å². The molecule has 0 aliphatic carbocycles. The van der Waals surface area contributed by atoms with E-state index in [0.29, 0.717) is 0 Å². The number of H-pyrrole nitrogens is 1. The molecule has 1 aromatic heterocycles. The molecule has 0 unspecified atom stereocenters. The van der Waals surface area contributed by atoms with E-state index in [1.807, 2.05) is 18.2 Å². The second-order valence-corrected chi connectivity index (χ2v) is 6.13. The van der Waals surface area contributed by atoms with Gasteiger partial charge in [0.15, 0.2) is 5.75 Å². The number of esters is 1. The molecule has 0 spiro atoms. The number of nitrogens with one attached hydrogen (secondary N) is 2. The average molecular weight is 309 g/mol. The third-order valence-electron chi connectivity index (χ3n) is 2.80. The van der Waals surface area contributed by atoms with E-state index in [1.54, 1.807) is 18.3 Å². The van der Waals surface area contributed by atoms with Crippen molar-refractivity contribution in [2.24, 2.45) is 0 Å². The van der Waals surface area contributed by atoms with Gasteiger partial charge in [0.25, 0.3) is 0 Å². The topological polar surface area (TPSA) is 101 Å². The van der Waals surface area contributed by atoms with Crippen molar-refractivity contribution < 1.29 is 17.9 Å². The lowest BCUT2D eigenvalue weighted by atomic mass is 10.1. The van der Waals surface area contributed by atoms with E-state index in [1.165, 1.54) is 0 Å². The molecule has 2 aromatic rings. The second kappa shape index (κ2) is 6.51. The molecule has 0 amide bonds. The maximum Gasteiger partial charge on any atom is 0.322 e. The van der Waals surface area contributed by atoms with Crippen molar-refractivity contribution in [2.45, 2.75) is 6.54 Å². The minimum atomic E-state index is -3.69. The van der Waals surface area contributed by atoms with Gasteiger partial charge in [-0.15, -0.1) is 0 Å². The lowest BCUT2D eigenvalue weighted by Gasteiger charge is -2.06. The number of carbonyl (C=O) groups is 1. The first kappa shape index (κ1) is 15.2. The van der Waals surface area contributed by atoms with Crippen LogP contribution in [-0.2, 0) is 26.1 Å². The number of aromatic nitrogens is 2. The molecule has 112 valence electrons. The number of nitrogens with zero attached hydrogens (tertiary/aromatic N) is 1. The Hall–Kier alpha value is -2.19. The Kier molecular flexibility index (Phi) is 4.71. The van der Waals surface area contributed by atoms with Crippen molar-refractivity contribution >= 4 is 16.0 Å². The zero-order chi connectivity index (χ0) is 15.3. The van der Waals surface area contributed by atoms with Gasteiger partial charge < -0.3 is 4.74 Å². The van der Waals surface area contributed by atoms with Crippen molar-refractivity contribution in [1.82, 2.24) is 14.9 Å². The van der Waals surface area contributed by atoms with E-state index in [2.05, 4.69) is 19.7 Å². The van der Waals surface area contributed by atoms with Gasteiger partial charge in [0.1, 0.15) is 0 Å². The van der Waals surface area contributed by atoms with Gasteiger partial charge in [-0.25, -0.2) is 13.1 Å². The van der Waals surface area contributed by atoms with Gasteiger partial charge >= 0.3 is 5.97 Å². The SMILES string of the molecule is COC(=O)CS(=O)(=O)NCc1ccc(-c2ccn[nH]2)cc1. The Morgan fingerprint density at radius 1 is 1.29 bits per heavy atom. The van der Waals surface area contributed by atoms with Crippen molar-refractivity contribution in [1.29, 1.82) is 0 Å². The first-order valence-corrected chi connectivity index (χ1v) is 7.78. The predicted octanol–water partition coefficient (Wildman–Crippen LogP) is 0.669. The zero-order valence-corrected chi connectivity index (χ0v) is 12.2. The standard InChI is InChI=1S/C13H15N3O4S/c1-20-13(17)9-21(18,19)15-8-10-2-4-11(5-3-10)12-6-7-14-16-12/h2-7,15H,8-9H2,1H3,(H,14,16). The molecule has 2 rings (SSSR count). The lowest BCUT2D eigenvalue weighted by Crippen LogP contribution is -2.30. The molecule has 8 heteroatoms. The minimum absolute atomic E-state index is 0.114. The van der Waals surface area contributed by atoms with Crippen molar-refractivity contribution in [3.05, 3.63) is 42.1 Å². The van der Waals surface area contributed by atoms with E-state index in [4.69, 9.17) is 0 Å². The molecule has 0 fully saturated rings. The largest absolute Gasteiger partial charge is 0.468 e. The summed E-state index contributed by atoms with van der Waals surface area (Å²) in [6, 6.07) is 9.16. The minimum Gasteiger partial charge on any atom is -0.468 e. The Labute approximate surface area is 122 Å². The van der Waals surface area contributed by atoms with E-state index in [9.17, 15) is 13.2 Å². The summed E-state index contributed by atoms with van der Waals surface area (Å²) < 4.78 is 29.9. The Morgan fingerprint density at radius 2 is 2.00 bits per heavy atom. The summed E-state index contributed by atoms with van der Waals surface area (Å²) >= 11 is 0. The van der Waals surface area contributed by atoms with Crippen LogP contribution in [0.25, 0.3) is 11.3 Å². The Morgan fingerprint density at radius 3 is 2.57 bits per heavy atom. The van der Waals surface area contributed by atoms with Gasteiger partial charge in [-0.3, -0.25) is 9.89 Å². The number of methoxy groups -OCH3 is 1. The number of sulfonamides is 1. The highest BCUT2D eigenvalue weighted by atomic mass is 32.2. The van der Waals surface area contributed by atoms with Gasteiger partial charge in [0.2, 0.25) is 10.0 Å². The summed E-state index contributed by atoms with van der Waals surface area (Å²) in [5.74, 6) is -1.48. The fourth-order valence-corrected chi connectivity index (χ4v) is 2.59. The number of benzene rings is 1. The summed E-state index contributed by atoms with van der Waals surface area (Å²) in [7, 11) is -2.54. The van der Waals surface area contributed by atoms with Crippen molar-refractivity contribution in [3.8, 4) is 11.3 Å². The third-order valence-corrected chi connectivity index (χ3v) is 4.00. The molecule has 0 atom stereocenters. The number of carbonyl (C=O) groups excluding carboxylic acids is 1. The quantitative estimate of drug-likeness (QED) is 0.764. The van der Waals surface area contributed by atoms with E-state index in [-0.39, 0.29) is 6.54 Å². The molecule has 0 aliphatic rings. The van der Waals surface area contributed by atoms with Crippen LogP contribution in [0.3, 0.4) is 0 Å². The van der Waals surface area contributed by atoms with E-state index < -0.39 is 21.7 Å². The van der Waals surface area contributed by atoms with Gasteiger partial charge in [-0.1, -0.05) is 24.3 Å². The summed E-state index contributed by atoms with van der Waals surface area (Å²) in [5.41, 5.74) is 2.62. The highest BCUT2D eigenvalue weighted by molar-refractivity contribution is 7.90. The molecule has 0 radical (unpaired) electrons. The lowest BCUT2D eigenvalue weighted by molar-refractivity contribution is -0.137. The molecule has 0 aliphatic heterocycles. The molecule has 0 saturated carbocycles. The molecule has 21 heavy (non-hydrogen) atoms. The fraction of sp³-hybridized carbons (Fsp3) is 0.231. The van der Waals surface area contributed by atoms with E-state index in [0.717, 1.165) is 23.9 Å². The molecular formula is C13H15N3O4S. The maximum absolute atomic E-state index is 11.6. The Bertz CT molecular complexity index is 694. The normalized spacial score (nSPS) is 11.3. The number of hydrogen-bond acceptors (Lipinski definition) is 5. The maximum atomic E-state index is 11.6. The fourth-order valence-electron chi connectivity index (χ4n) is 1.68. The molecule has 1 aromatic carbocycles. The predicted molar refractivity (Wildman–Crippen MR) is 76.7 cm³/mol. The van der Waals surface area contributed by atoms with Crippen LogP contribution >= 0.6 is 0 Å². The molecule has 2 N–H and O–H groups in total. The number of rotatable bonds is 6. The highest BCUT2D eigenvalue weighted by Gasteiger charge is 2.16. The molecule has 0 bridgehead atoms. The van der Waals surface area contributed by atoms with Gasteiger partial charge in [-0.2, -0.15) is 5.10 Å². The number of ether oxygens (including phenoxy) is 1. The van der Waals surface area contributed by atoms with Crippen LogP contribution in [0.15, 0.2) is 36.5 Å². The van der Waals surface area contributed by atoms with Gasteiger partial charge in [0.05, 0.1) is 12.8 Å². The first-order valence-electron chi connectivity index (χ1n) is 6.13. The van der Waals surface area contributed by atoms with Crippen LogP contribution in [0.4, 0.5) is 0 Å². The van der Waals surface area contributed by atoms with Crippen LogP contribution < -0.4 is 4.72 Å². The number of aromatic amines is 1. The first-order chi connectivity index (χ1) is 10.00. The average Bonchev–Trinajstić information content (AvgIpc) is 2.99. The van der Waals surface area contributed by atoms with Gasteiger partial charge in [-0.05, 0) is 17.2 Å². The smallest absolute Gasteiger partial charge is 0.322 e. The highest BCUT2D eigenvalue weighted by Crippen LogP contribution is 2.16. The zero-order valence-electron chi connectivity index (χ0n) is 11.4. The third kappa shape index (κ3) is 4.40. The number of hydrogen-bond donors (Lipinski definition) is 2. The monoisotopic (exact) mass is 309 g/mol. The molecule has 1 heterocycles. The van der Waals surface area contributed by atoms with Crippen LogP contribution in [-0.4, -0.2) is 37.4 Å². The summed E-state index contributed by atoms with van der Waals surface area (Å²) in [5, 5.41) is 6.71. The molecular weight excluding hydrogens is 294 g/mol. The van der Waals surface area contributed by atoms with Crippen molar-refractivity contribution in [2.75, 3.05) is 12.9 Å². The molecule has 7 nitrogen and oxygen atoms in total. The van der Waals surface area contributed by atoms with Crippen LogP contribution in [0.2, 0.25) is 0 Å². The van der Waals surface area contributed by atoms with Crippen LogP contribution in [0.5, 0.6) is 0 Å². The molecule has 0 saturated heterocycles. The second-order valence-electron chi connectivity index (χ2n) is 4.32. The summed E-state index contributed by atoms with van der Waals surface area (Å²) in [6.45, 7) is 0.114. The van der Waals surface area contributed by atoms with Gasteiger partial charge in [0, 0.05) is 12.7 Å². The summed E-state index contributed by atoms with van der Waals surface area (Å²) in [6.07, 6.45) is 1.66. The van der Waals surface area contributed by atoms with Crippen LogP contribution in [0.1, 0.15) is 5.56 Å². The Balaban J connectivity index is 1.96. The van der Waals surface area contributed by atoms with Crippen LogP contribution in [0, 0.1) is 0 Å². The van der Waals surface area contributed by atoms with Crippen molar-refractivity contribution in [3.63, 3.8) is 0 Å². The summed E-state index contributed by atoms with van der Waals surface area (Å²) in [4.78, 5) is 11.0.